The molecule has 1 saturated carbocycles. The van der Waals surface area contributed by atoms with Crippen molar-refractivity contribution in [2.24, 2.45) is 11.8 Å². The first-order chi connectivity index (χ1) is 12.1. The summed E-state index contributed by atoms with van der Waals surface area (Å²) >= 11 is 0. The van der Waals surface area contributed by atoms with Crippen LogP contribution in [0.4, 0.5) is 26.3 Å². The summed E-state index contributed by atoms with van der Waals surface area (Å²) in [6.45, 7) is 2.02. The highest BCUT2D eigenvalue weighted by atomic mass is 19.4. The molecule has 0 amide bonds. The molecular weight excluding hydrogens is 358 g/mol. The molecule has 0 saturated heterocycles. The lowest BCUT2D eigenvalue weighted by Crippen LogP contribution is -2.37. The second-order valence-corrected chi connectivity index (χ2v) is 6.68. The number of aryl methyl sites for hydroxylation is 1. The van der Waals surface area contributed by atoms with E-state index in [4.69, 9.17) is 4.74 Å². The summed E-state index contributed by atoms with van der Waals surface area (Å²) < 4.78 is 83.6. The Morgan fingerprint density at radius 2 is 1.62 bits per heavy atom. The number of hydrogen-bond acceptors (Lipinski definition) is 1. The first-order valence-electron chi connectivity index (χ1n) is 8.71. The fourth-order valence-electron chi connectivity index (χ4n) is 3.23. The molecule has 7 heteroatoms. The molecule has 0 N–H and O–H groups in total. The van der Waals surface area contributed by atoms with Gasteiger partial charge in [0.25, 0.3) is 0 Å². The average molecular weight is 380 g/mol. The zero-order valence-electron chi connectivity index (χ0n) is 14.5. The topological polar surface area (TPSA) is 9.23 Å². The van der Waals surface area contributed by atoms with Gasteiger partial charge in [-0.05, 0) is 49.8 Å². The summed E-state index contributed by atoms with van der Waals surface area (Å²) in [5.41, 5.74) is 1.02. The Labute approximate surface area is 149 Å². The first kappa shape index (κ1) is 20.6. The van der Waals surface area contributed by atoms with Crippen LogP contribution in [-0.4, -0.2) is 12.3 Å². The Morgan fingerprint density at radius 3 is 2.12 bits per heavy atom. The number of alkyl halides is 5. The molecule has 0 atom stereocenters. The van der Waals surface area contributed by atoms with Crippen LogP contribution in [0.2, 0.25) is 0 Å². The Bertz CT molecular complexity index is 597. The Balaban J connectivity index is 1.93. The van der Waals surface area contributed by atoms with Gasteiger partial charge in [0.05, 0.1) is 12.0 Å². The molecule has 146 valence electrons. The van der Waals surface area contributed by atoms with Gasteiger partial charge in [0.1, 0.15) is 11.6 Å². The highest BCUT2D eigenvalue weighted by molar-refractivity contribution is 5.27. The molecule has 1 aliphatic rings. The van der Waals surface area contributed by atoms with Crippen molar-refractivity contribution in [1.29, 1.82) is 0 Å². The number of benzene rings is 1. The third-order valence-electron chi connectivity index (χ3n) is 4.61. The van der Waals surface area contributed by atoms with E-state index in [1.807, 2.05) is 6.92 Å². The molecule has 0 heterocycles. The maximum atomic E-state index is 14.3. The molecular formula is C19H22F6O. The largest absolute Gasteiger partial charge is 0.432 e. The van der Waals surface area contributed by atoms with E-state index in [-0.39, 0.29) is 37.5 Å². The van der Waals surface area contributed by atoms with Crippen LogP contribution in [0.5, 0.6) is 5.75 Å². The van der Waals surface area contributed by atoms with E-state index >= 15 is 0 Å². The van der Waals surface area contributed by atoms with Crippen molar-refractivity contribution in [1.82, 2.24) is 0 Å². The Morgan fingerprint density at radius 1 is 1.04 bits per heavy atom. The maximum Gasteiger partial charge on any atom is 0.412 e. The standard InChI is InChI=1S/C19H22F6O/c1-2-3-13-4-10-16(11-5-13)26-19(24,25)15-8-6-14(7-9-15)17(20)12-18(21,22)23/h4-5,10-12,14-15H,2-3,6-9H2,1H3. The number of allylic oxidation sites excluding steroid dienone is 2. The van der Waals surface area contributed by atoms with Crippen molar-refractivity contribution >= 4 is 0 Å². The zero-order chi connectivity index (χ0) is 19.4. The van der Waals surface area contributed by atoms with Crippen LogP contribution in [0.25, 0.3) is 0 Å². The van der Waals surface area contributed by atoms with Gasteiger partial charge in [-0.3, -0.25) is 0 Å². The van der Waals surface area contributed by atoms with Crippen molar-refractivity contribution in [2.75, 3.05) is 0 Å². The average Bonchev–Trinajstić information content (AvgIpc) is 2.55. The number of hydrogen-bond donors (Lipinski definition) is 0. The second kappa shape index (κ2) is 8.35. The molecule has 0 aliphatic heterocycles. The fraction of sp³-hybridized carbons (Fsp3) is 0.579. The van der Waals surface area contributed by atoms with Crippen molar-refractivity contribution in [3.63, 3.8) is 0 Å². The van der Waals surface area contributed by atoms with Gasteiger partial charge in [-0.1, -0.05) is 25.5 Å². The normalized spacial score (nSPS) is 22.3. The van der Waals surface area contributed by atoms with Gasteiger partial charge in [0.2, 0.25) is 0 Å². The third kappa shape index (κ3) is 5.95. The molecule has 2 rings (SSSR count). The molecule has 1 aromatic rings. The molecule has 0 radical (unpaired) electrons. The predicted molar refractivity (Wildman–Crippen MR) is 86.7 cm³/mol. The van der Waals surface area contributed by atoms with Gasteiger partial charge in [-0.15, -0.1) is 0 Å². The SMILES string of the molecule is CCCc1ccc(OC(F)(F)C2CCC(C(F)=CC(F)(F)F)CC2)cc1. The lowest BCUT2D eigenvalue weighted by molar-refractivity contribution is -0.223. The number of halogens is 6. The van der Waals surface area contributed by atoms with E-state index in [0.717, 1.165) is 18.4 Å². The Hall–Kier alpha value is -1.66. The van der Waals surface area contributed by atoms with E-state index in [1.165, 1.54) is 12.1 Å². The van der Waals surface area contributed by atoms with Crippen molar-refractivity contribution in [3.8, 4) is 5.75 Å². The second-order valence-electron chi connectivity index (χ2n) is 6.68. The quantitative estimate of drug-likeness (QED) is 0.491. The monoisotopic (exact) mass is 380 g/mol. The smallest absolute Gasteiger partial charge is 0.412 e. The van der Waals surface area contributed by atoms with Gasteiger partial charge in [-0.2, -0.15) is 22.0 Å². The summed E-state index contributed by atoms with van der Waals surface area (Å²) in [5.74, 6) is -3.35. The maximum absolute atomic E-state index is 14.3. The van der Waals surface area contributed by atoms with Crippen molar-refractivity contribution in [3.05, 3.63) is 41.7 Å². The van der Waals surface area contributed by atoms with Gasteiger partial charge >= 0.3 is 12.3 Å². The van der Waals surface area contributed by atoms with Crippen molar-refractivity contribution < 1.29 is 31.1 Å². The van der Waals surface area contributed by atoms with Crippen LogP contribution in [0.3, 0.4) is 0 Å². The predicted octanol–water partition coefficient (Wildman–Crippen LogP) is 6.83. The molecule has 26 heavy (non-hydrogen) atoms. The van der Waals surface area contributed by atoms with Crippen LogP contribution in [0, 0.1) is 11.8 Å². The van der Waals surface area contributed by atoms with Gasteiger partial charge in [0.15, 0.2) is 0 Å². The van der Waals surface area contributed by atoms with Crippen LogP contribution in [0.1, 0.15) is 44.6 Å². The minimum Gasteiger partial charge on any atom is -0.432 e. The van der Waals surface area contributed by atoms with Crippen LogP contribution in [-0.2, 0) is 6.42 Å². The molecule has 0 unspecified atom stereocenters. The van der Waals surface area contributed by atoms with E-state index in [0.29, 0.717) is 0 Å². The highest BCUT2D eigenvalue weighted by Gasteiger charge is 2.44. The van der Waals surface area contributed by atoms with E-state index in [1.54, 1.807) is 12.1 Å². The summed E-state index contributed by atoms with van der Waals surface area (Å²) in [5, 5.41) is 0. The van der Waals surface area contributed by atoms with Crippen molar-refractivity contribution in [2.45, 2.75) is 57.7 Å². The number of rotatable bonds is 6. The molecule has 0 bridgehead atoms. The molecule has 1 aliphatic carbocycles. The van der Waals surface area contributed by atoms with Gasteiger partial charge in [0, 0.05) is 5.92 Å². The summed E-state index contributed by atoms with van der Waals surface area (Å²) in [6.07, 6.45) is -7.08. The van der Waals surface area contributed by atoms with E-state index < -0.39 is 29.9 Å². The molecule has 0 spiro atoms. The van der Waals surface area contributed by atoms with Crippen LogP contribution < -0.4 is 4.74 Å². The fourth-order valence-corrected chi connectivity index (χ4v) is 3.23. The zero-order valence-corrected chi connectivity index (χ0v) is 14.5. The third-order valence-corrected chi connectivity index (χ3v) is 4.61. The molecule has 0 aromatic heterocycles. The van der Waals surface area contributed by atoms with Crippen LogP contribution in [0.15, 0.2) is 36.2 Å². The van der Waals surface area contributed by atoms with E-state index in [9.17, 15) is 26.3 Å². The highest BCUT2D eigenvalue weighted by Crippen LogP contribution is 2.42. The minimum absolute atomic E-state index is 0.0418. The van der Waals surface area contributed by atoms with E-state index in [2.05, 4.69) is 0 Å². The lowest BCUT2D eigenvalue weighted by atomic mass is 9.80. The Kier molecular flexibility index (Phi) is 6.64. The lowest BCUT2D eigenvalue weighted by Gasteiger charge is -2.32. The number of ether oxygens (including phenoxy) is 1. The molecule has 1 aromatic carbocycles. The summed E-state index contributed by atoms with van der Waals surface area (Å²) in [6, 6.07) is 6.42. The van der Waals surface area contributed by atoms with Gasteiger partial charge < -0.3 is 4.74 Å². The molecule has 1 nitrogen and oxygen atoms in total. The van der Waals surface area contributed by atoms with Crippen LogP contribution >= 0.6 is 0 Å². The van der Waals surface area contributed by atoms with Gasteiger partial charge in [-0.25, -0.2) is 4.39 Å². The molecule has 1 fully saturated rings. The summed E-state index contributed by atoms with van der Waals surface area (Å²) in [7, 11) is 0. The minimum atomic E-state index is -4.74. The summed E-state index contributed by atoms with van der Waals surface area (Å²) in [4.78, 5) is 0. The first-order valence-corrected chi connectivity index (χ1v) is 8.71.